The van der Waals surface area contributed by atoms with Crippen molar-refractivity contribution in [2.45, 2.75) is 49.6 Å². The highest BCUT2D eigenvalue weighted by molar-refractivity contribution is 8.00. The van der Waals surface area contributed by atoms with E-state index in [0.717, 1.165) is 30.6 Å². The van der Waals surface area contributed by atoms with Gasteiger partial charge in [0, 0.05) is 24.0 Å². The minimum Gasteiger partial charge on any atom is -0.332 e. The Labute approximate surface area is 163 Å². The Morgan fingerprint density at radius 1 is 1.30 bits per heavy atom. The maximum Gasteiger partial charge on any atom is 0.315 e. The summed E-state index contributed by atoms with van der Waals surface area (Å²) in [5, 5.41) is 6.33. The van der Waals surface area contributed by atoms with Crippen LogP contribution in [-0.2, 0) is 11.3 Å². The van der Waals surface area contributed by atoms with Gasteiger partial charge in [-0.2, -0.15) is 11.8 Å². The number of fused-ring (bicyclic) bond motifs is 1. The fraction of sp³-hybridized carbons (Fsp3) is 0.500. The smallest absolute Gasteiger partial charge is 0.315 e. The van der Waals surface area contributed by atoms with Crippen LogP contribution >= 0.6 is 11.8 Å². The molecular weight excluding hydrogens is 365 g/mol. The predicted molar refractivity (Wildman–Crippen MR) is 105 cm³/mol. The topological polar surface area (TPSA) is 61.4 Å². The van der Waals surface area contributed by atoms with Crippen LogP contribution in [0.15, 0.2) is 24.3 Å². The number of hydrogen-bond acceptors (Lipinski definition) is 3. The van der Waals surface area contributed by atoms with Crippen LogP contribution in [0.4, 0.5) is 9.18 Å². The van der Waals surface area contributed by atoms with E-state index in [1.807, 2.05) is 11.8 Å². The third-order valence-corrected chi connectivity index (χ3v) is 6.50. The van der Waals surface area contributed by atoms with E-state index in [1.165, 1.54) is 12.1 Å². The highest BCUT2D eigenvalue weighted by atomic mass is 32.2. The number of amides is 3. The van der Waals surface area contributed by atoms with E-state index < -0.39 is 0 Å². The largest absolute Gasteiger partial charge is 0.332 e. The summed E-state index contributed by atoms with van der Waals surface area (Å²) in [6.45, 7) is 0.638. The number of carbonyl (C=O) groups is 2. The first kappa shape index (κ1) is 19.6. The number of halogens is 1. The lowest BCUT2D eigenvalue weighted by atomic mass is 10.0. The summed E-state index contributed by atoms with van der Waals surface area (Å²) in [5.74, 6) is 3.19. The van der Waals surface area contributed by atoms with Crippen LogP contribution < -0.4 is 10.6 Å². The zero-order valence-corrected chi connectivity index (χ0v) is 15.9. The minimum atomic E-state index is -0.297. The first-order valence-corrected chi connectivity index (χ1v) is 10.3. The number of hydrogen-bond donors (Lipinski definition) is 2. The summed E-state index contributed by atoms with van der Waals surface area (Å²) < 4.78 is 13.0. The van der Waals surface area contributed by atoms with Crippen LogP contribution in [0.25, 0.3) is 0 Å². The maximum absolute atomic E-state index is 13.0. The molecule has 0 saturated carbocycles. The van der Waals surface area contributed by atoms with Gasteiger partial charge in [0.25, 0.3) is 0 Å². The molecule has 144 valence electrons. The predicted octanol–water partition coefficient (Wildman–Crippen LogP) is 2.51. The molecule has 0 radical (unpaired) electrons. The number of nitrogens with zero attached hydrogens (tertiary/aromatic N) is 1. The van der Waals surface area contributed by atoms with Crippen LogP contribution in [0.2, 0.25) is 0 Å². The summed E-state index contributed by atoms with van der Waals surface area (Å²) in [6.07, 6.45) is 8.54. The lowest BCUT2D eigenvalue weighted by Gasteiger charge is -2.21. The van der Waals surface area contributed by atoms with Gasteiger partial charge in [-0.1, -0.05) is 24.5 Å². The monoisotopic (exact) mass is 389 g/mol. The van der Waals surface area contributed by atoms with E-state index in [9.17, 15) is 14.0 Å². The summed E-state index contributed by atoms with van der Waals surface area (Å²) in [7, 11) is 0. The Morgan fingerprint density at radius 3 is 2.81 bits per heavy atom. The van der Waals surface area contributed by atoms with Crippen molar-refractivity contribution in [2.24, 2.45) is 0 Å². The fourth-order valence-corrected chi connectivity index (χ4v) is 5.12. The quantitative estimate of drug-likeness (QED) is 0.408. The molecule has 27 heavy (non-hydrogen) atoms. The lowest BCUT2D eigenvalue weighted by Crippen LogP contribution is -2.36. The number of terminal acetylenes is 1. The van der Waals surface area contributed by atoms with Crippen molar-refractivity contribution >= 4 is 23.7 Å². The Morgan fingerprint density at radius 2 is 2.07 bits per heavy atom. The molecule has 2 N–H and O–H groups in total. The molecule has 3 rings (SSSR count). The molecule has 0 aliphatic carbocycles. The molecule has 3 atom stereocenters. The standard InChI is InChI=1S/C20H24FN3O2S/c1-2-11-24(12-14-7-9-15(21)10-8-14)18(25)6-4-3-5-17-19-16(13-27-17)22-20(26)23-19/h1,7-10,16-17,19H,3-6,11-13H2,(H2,22,23,26)/t16-,17-,19-/m0/s1. The molecule has 1 aromatic rings. The van der Waals surface area contributed by atoms with Crippen molar-refractivity contribution in [2.75, 3.05) is 12.3 Å². The summed E-state index contributed by atoms with van der Waals surface area (Å²) in [5.41, 5.74) is 0.859. The molecule has 0 aromatic heterocycles. The van der Waals surface area contributed by atoms with Gasteiger partial charge >= 0.3 is 6.03 Å². The third-order valence-electron chi connectivity index (χ3n) is 4.99. The molecule has 2 heterocycles. The first-order chi connectivity index (χ1) is 13.1. The lowest BCUT2D eigenvalue weighted by molar-refractivity contribution is -0.131. The van der Waals surface area contributed by atoms with Gasteiger partial charge in [0.1, 0.15) is 5.82 Å². The number of benzene rings is 1. The van der Waals surface area contributed by atoms with Crippen LogP contribution in [0.3, 0.4) is 0 Å². The molecule has 2 saturated heterocycles. The van der Waals surface area contributed by atoms with E-state index in [2.05, 4.69) is 16.6 Å². The molecule has 7 heteroatoms. The Kier molecular flexibility index (Phi) is 6.62. The molecule has 0 spiro atoms. The molecule has 2 fully saturated rings. The van der Waals surface area contributed by atoms with Gasteiger partial charge in [-0.05, 0) is 30.5 Å². The van der Waals surface area contributed by atoms with Crippen LogP contribution in [-0.4, -0.2) is 46.5 Å². The molecule has 3 amide bonds. The number of urea groups is 1. The summed E-state index contributed by atoms with van der Waals surface area (Å²) in [6, 6.07) is 6.48. The highest BCUT2D eigenvalue weighted by Crippen LogP contribution is 2.33. The van der Waals surface area contributed by atoms with Gasteiger partial charge in [0.05, 0.1) is 18.6 Å². The van der Waals surface area contributed by atoms with Gasteiger partial charge in [-0.25, -0.2) is 9.18 Å². The van der Waals surface area contributed by atoms with E-state index in [0.29, 0.717) is 18.2 Å². The highest BCUT2D eigenvalue weighted by Gasteiger charge is 2.42. The molecular formula is C20H24FN3O2S. The Hall–Kier alpha value is -2.20. The number of rotatable bonds is 8. The normalized spacial score (nSPS) is 23.3. The second-order valence-electron chi connectivity index (χ2n) is 6.95. The maximum atomic E-state index is 13.0. The number of nitrogens with one attached hydrogen (secondary N) is 2. The Balaban J connectivity index is 1.42. The third kappa shape index (κ3) is 5.16. The van der Waals surface area contributed by atoms with Crippen LogP contribution in [0, 0.1) is 18.2 Å². The van der Waals surface area contributed by atoms with Crippen molar-refractivity contribution in [3.8, 4) is 12.3 Å². The van der Waals surface area contributed by atoms with Crippen molar-refractivity contribution in [1.82, 2.24) is 15.5 Å². The zero-order chi connectivity index (χ0) is 19.2. The average molecular weight is 389 g/mol. The number of unbranched alkanes of at least 4 members (excludes halogenated alkanes) is 1. The molecule has 5 nitrogen and oxygen atoms in total. The number of thioether (sulfide) groups is 1. The zero-order valence-electron chi connectivity index (χ0n) is 15.1. The SMILES string of the molecule is C#CCN(Cc1ccc(F)cc1)C(=O)CCCC[C@@H]1SC[C@@H]2NC(=O)N[C@@H]21. The summed E-state index contributed by atoms with van der Waals surface area (Å²) in [4.78, 5) is 25.6. The molecule has 2 aliphatic heterocycles. The van der Waals surface area contributed by atoms with E-state index >= 15 is 0 Å². The van der Waals surface area contributed by atoms with E-state index in [4.69, 9.17) is 6.42 Å². The summed E-state index contributed by atoms with van der Waals surface area (Å²) >= 11 is 1.88. The van der Waals surface area contributed by atoms with Crippen molar-refractivity contribution in [3.05, 3.63) is 35.6 Å². The molecule has 2 aliphatic rings. The molecule has 1 aromatic carbocycles. The van der Waals surface area contributed by atoms with Gasteiger partial charge < -0.3 is 15.5 Å². The van der Waals surface area contributed by atoms with Gasteiger partial charge in [0.15, 0.2) is 0 Å². The fourth-order valence-electron chi connectivity index (χ4n) is 3.58. The van der Waals surface area contributed by atoms with Crippen molar-refractivity contribution in [3.63, 3.8) is 0 Å². The molecule has 0 bridgehead atoms. The molecule has 0 unspecified atom stereocenters. The Bertz CT molecular complexity index is 719. The van der Waals surface area contributed by atoms with Crippen LogP contribution in [0.5, 0.6) is 0 Å². The van der Waals surface area contributed by atoms with E-state index in [-0.39, 0.29) is 36.4 Å². The first-order valence-electron chi connectivity index (χ1n) is 9.21. The second kappa shape index (κ2) is 9.14. The van der Waals surface area contributed by atoms with Gasteiger partial charge in [-0.3, -0.25) is 4.79 Å². The second-order valence-corrected chi connectivity index (χ2v) is 8.22. The van der Waals surface area contributed by atoms with Crippen molar-refractivity contribution in [1.29, 1.82) is 0 Å². The number of carbonyl (C=O) groups excluding carboxylic acids is 2. The van der Waals surface area contributed by atoms with Crippen LogP contribution in [0.1, 0.15) is 31.2 Å². The van der Waals surface area contributed by atoms with Crippen molar-refractivity contribution < 1.29 is 14.0 Å². The van der Waals surface area contributed by atoms with Gasteiger partial charge in [0.2, 0.25) is 5.91 Å². The van der Waals surface area contributed by atoms with Gasteiger partial charge in [-0.15, -0.1) is 6.42 Å². The average Bonchev–Trinajstić information content (AvgIpc) is 3.19. The minimum absolute atomic E-state index is 0.0186. The van der Waals surface area contributed by atoms with E-state index in [1.54, 1.807) is 17.0 Å².